The van der Waals surface area contributed by atoms with Gasteiger partial charge in [0.1, 0.15) is 11.3 Å². The molecule has 0 saturated carbocycles. The lowest BCUT2D eigenvalue weighted by Crippen LogP contribution is -1.87. The van der Waals surface area contributed by atoms with Crippen LogP contribution in [-0.2, 0) is 5.75 Å². The summed E-state index contributed by atoms with van der Waals surface area (Å²) < 4.78 is 19.1. The maximum Gasteiger partial charge on any atom is 0.257 e. The number of anilines is 1. The molecule has 1 aromatic heterocycles. The zero-order valence-corrected chi connectivity index (χ0v) is 11.8. The molecule has 0 aliphatic rings. The second-order valence-corrected chi connectivity index (χ2v) is 5.59. The molecule has 0 saturated heterocycles. The van der Waals surface area contributed by atoms with Crippen molar-refractivity contribution in [2.45, 2.75) is 11.0 Å². The Balaban J connectivity index is 1.81. The van der Waals surface area contributed by atoms with E-state index in [0.29, 0.717) is 38.3 Å². The first-order chi connectivity index (χ1) is 9.61. The van der Waals surface area contributed by atoms with Crippen LogP contribution < -0.4 is 5.73 Å². The van der Waals surface area contributed by atoms with Crippen molar-refractivity contribution in [1.82, 2.24) is 4.98 Å². The van der Waals surface area contributed by atoms with Gasteiger partial charge >= 0.3 is 0 Å². The Morgan fingerprint density at radius 1 is 1.25 bits per heavy atom. The maximum atomic E-state index is 13.6. The summed E-state index contributed by atoms with van der Waals surface area (Å²) in [5.41, 5.74) is 8.18. The zero-order chi connectivity index (χ0) is 14.1. The lowest BCUT2D eigenvalue weighted by atomic mass is 10.2. The van der Waals surface area contributed by atoms with Crippen LogP contribution in [0.2, 0.25) is 5.02 Å². The normalized spacial score (nSPS) is 11.1. The molecule has 2 aromatic carbocycles. The van der Waals surface area contributed by atoms with E-state index in [0.717, 1.165) is 0 Å². The number of fused-ring (bicyclic) bond motifs is 1. The minimum absolute atomic E-state index is 0.290. The van der Waals surface area contributed by atoms with Gasteiger partial charge in [-0.3, -0.25) is 0 Å². The highest BCUT2D eigenvalue weighted by molar-refractivity contribution is 7.98. The molecule has 0 spiro atoms. The molecule has 0 unspecified atom stereocenters. The molecule has 0 aliphatic heterocycles. The van der Waals surface area contributed by atoms with Crippen LogP contribution in [0.4, 0.5) is 10.1 Å². The topological polar surface area (TPSA) is 52.0 Å². The van der Waals surface area contributed by atoms with E-state index in [4.69, 9.17) is 21.8 Å². The number of nitrogens with zero attached hydrogens (tertiary/aromatic N) is 1. The van der Waals surface area contributed by atoms with E-state index in [9.17, 15) is 4.39 Å². The van der Waals surface area contributed by atoms with E-state index in [1.165, 1.54) is 23.9 Å². The fraction of sp³-hybridized carbons (Fsp3) is 0.0714. The predicted molar refractivity (Wildman–Crippen MR) is 79.4 cm³/mol. The van der Waals surface area contributed by atoms with Gasteiger partial charge < -0.3 is 10.2 Å². The predicted octanol–water partition coefficient (Wildman–Crippen LogP) is 4.49. The minimum Gasteiger partial charge on any atom is -0.431 e. The number of hydrogen-bond acceptors (Lipinski definition) is 4. The highest BCUT2D eigenvalue weighted by Crippen LogP contribution is 2.28. The first-order valence-corrected chi connectivity index (χ1v) is 7.21. The van der Waals surface area contributed by atoms with Crippen molar-refractivity contribution in [3.8, 4) is 0 Å². The Labute approximate surface area is 123 Å². The van der Waals surface area contributed by atoms with Crippen LogP contribution in [0.1, 0.15) is 5.56 Å². The second-order valence-electron chi connectivity index (χ2n) is 4.23. The van der Waals surface area contributed by atoms with Crippen molar-refractivity contribution < 1.29 is 8.81 Å². The lowest BCUT2D eigenvalue weighted by molar-refractivity contribution is 0.489. The molecule has 0 fully saturated rings. The van der Waals surface area contributed by atoms with Crippen LogP contribution in [0, 0.1) is 5.82 Å². The summed E-state index contributed by atoms with van der Waals surface area (Å²) in [5.74, 6) is 0.108. The van der Waals surface area contributed by atoms with Crippen molar-refractivity contribution in [3.05, 3.63) is 52.8 Å². The molecule has 2 N–H and O–H groups in total. The van der Waals surface area contributed by atoms with Crippen LogP contribution in [-0.4, -0.2) is 4.98 Å². The molecular weight excluding hydrogens is 299 g/mol. The van der Waals surface area contributed by atoms with Gasteiger partial charge in [0.15, 0.2) is 5.58 Å². The number of hydrogen-bond donors (Lipinski definition) is 1. The Kier molecular flexibility index (Phi) is 3.54. The van der Waals surface area contributed by atoms with E-state index >= 15 is 0 Å². The molecule has 3 aromatic rings. The first-order valence-electron chi connectivity index (χ1n) is 5.84. The summed E-state index contributed by atoms with van der Waals surface area (Å²) in [7, 11) is 0. The molecule has 0 radical (unpaired) electrons. The smallest absolute Gasteiger partial charge is 0.257 e. The molecule has 3 rings (SSSR count). The summed E-state index contributed by atoms with van der Waals surface area (Å²) in [5, 5.41) is 0.984. The van der Waals surface area contributed by atoms with E-state index in [1.807, 2.05) is 0 Å². The van der Waals surface area contributed by atoms with E-state index in [2.05, 4.69) is 4.98 Å². The van der Waals surface area contributed by atoms with Gasteiger partial charge in [-0.2, -0.15) is 0 Å². The molecule has 102 valence electrons. The summed E-state index contributed by atoms with van der Waals surface area (Å²) >= 11 is 7.16. The van der Waals surface area contributed by atoms with Crippen LogP contribution in [0.25, 0.3) is 11.1 Å². The van der Waals surface area contributed by atoms with Gasteiger partial charge in [-0.15, -0.1) is 0 Å². The summed E-state index contributed by atoms with van der Waals surface area (Å²) in [6.45, 7) is 0. The van der Waals surface area contributed by atoms with Crippen LogP contribution in [0.15, 0.2) is 46.0 Å². The standard InChI is InChI=1S/C14H10ClFN2OS/c15-9-1-3-11(16)8(5-9)7-20-14-18-12-6-10(17)2-4-13(12)19-14/h1-6H,7,17H2. The number of benzene rings is 2. The third kappa shape index (κ3) is 2.73. The van der Waals surface area contributed by atoms with Gasteiger partial charge in [0.25, 0.3) is 5.22 Å². The molecule has 1 heterocycles. The van der Waals surface area contributed by atoms with Crippen molar-refractivity contribution >= 4 is 40.1 Å². The van der Waals surface area contributed by atoms with Gasteiger partial charge in [0, 0.05) is 16.5 Å². The Bertz CT molecular complexity index is 775. The molecule has 0 aliphatic carbocycles. The fourth-order valence-corrected chi connectivity index (χ4v) is 2.78. The van der Waals surface area contributed by atoms with Gasteiger partial charge in [-0.25, -0.2) is 9.37 Å². The third-order valence-electron chi connectivity index (χ3n) is 2.75. The second kappa shape index (κ2) is 5.34. The van der Waals surface area contributed by atoms with Crippen molar-refractivity contribution in [2.24, 2.45) is 0 Å². The lowest BCUT2D eigenvalue weighted by Gasteiger charge is -2.01. The number of oxazole rings is 1. The molecule has 0 bridgehead atoms. The Morgan fingerprint density at radius 3 is 2.95 bits per heavy atom. The molecule has 0 atom stereocenters. The monoisotopic (exact) mass is 308 g/mol. The maximum absolute atomic E-state index is 13.6. The number of nitrogen functional groups attached to an aromatic ring is 1. The van der Waals surface area contributed by atoms with Crippen molar-refractivity contribution in [2.75, 3.05) is 5.73 Å². The average molecular weight is 309 g/mol. The van der Waals surface area contributed by atoms with Gasteiger partial charge in [-0.1, -0.05) is 23.4 Å². The highest BCUT2D eigenvalue weighted by Gasteiger charge is 2.09. The number of rotatable bonds is 3. The molecule has 3 nitrogen and oxygen atoms in total. The molecule has 20 heavy (non-hydrogen) atoms. The summed E-state index contributed by atoms with van der Waals surface area (Å²) in [4.78, 5) is 4.30. The van der Waals surface area contributed by atoms with Crippen LogP contribution in [0.3, 0.4) is 0 Å². The summed E-state index contributed by atoms with van der Waals surface area (Å²) in [6.07, 6.45) is 0. The molecule has 6 heteroatoms. The quantitative estimate of drug-likeness (QED) is 0.572. The number of halogens is 2. The highest BCUT2D eigenvalue weighted by atomic mass is 35.5. The van der Waals surface area contributed by atoms with E-state index in [-0.39, 0.29) is 5.82 Å². The minimum atomic E-state index is -0.290. The Hall–Kier alpha value is -1.72. The van der Waals surface area contributed by atoms with Crippen LogP contribution in [0.5, 0.6) is 0 Å². The van der Waals surface area contributed by atoms with Crippen molar-refractivity contribution in [1.29, 1.82) is 0 Å². The zero-order valence-electron chi connectivity index (χ0n) is 10.3. The van der Waals surface area contributed by atoms with Gasteiger partial charge in [-0.05, 0) is 42.0 Å². The Morgan fingerprint density at radius 2 is 2.10 bits per heavy atom. The molecular formula is C14H10ClFN2OS. The number of thioether (sulfide) groups is 1. The first kappa shape index (κ1) is 13.3. The number of aromatic nitrogens is 1. The van der Waals surface area contributed by atoms with Crippen LogP contribution >= 0.6 is 23.4 Å². The van der Waals surface area contributed by atoms with Crippen molar-refractivity contribution in [3.63, 3.8) is 0 Å². The van der Waals surface area contributed by atoms with E-state index in [1.54, 1.807) is 24.3 Å². The van der Waals surface area contributed by atoms with Gasteiger partial charge in [0.2, 0.25) is 0 Å². The van der Waals surface area contributed by atoms with E-state index < -0.39 is 0 Å². The SMILES string of the molecule is Nc1ccc2oc(SCc3cc(Cl)ccc3F)nc2c1. The largest absolute Gasteiger partial charge is 0.431 e. The average Bonchev–Trinajstić information content (AvgIpc) is 2.81. The molecule has 0 amide bonds. The summed E-state index contributed by atoms with van der Waals surface area (Å²) in [6, 6.07) is 9.73. The fourth-order valence-electron chi connectivity index (χ4n) is 1.78. The third-order valence-corrected chi connectivity index (χ3v) is 3.86. The van der Waals surface area contributed by atoms with Gasteiger partial charge in [0.05, 0.1) is 0 Å². The number of nitrogens with two attached hydrogens (primary N) is 1.